The van der Waals surface area contributed by atoms with E-state index in [1.807, 2.05) is 55.5 Å². The zero-order chi connectivity index (χ0) is 18.7. The van der Waals surface area contributed by atoms with E-state index in [-0.39, 0.29) is 11.2 Å². The van der Waals surface area contributed by atoms with Crippen molar-refractivity contribution in [1.82, 2.24) is 20.2 Å². The number of amides is 1. The predicted octanol–water partition coefficient (Wildman–Crippen LogP) is 3.42. The molecule has 0 bridgehead atoms. The fourth-order valence-corrected chi connectivity index (χ4v) is 3.43. The number of benzene rings is 2. The predicted molar refractivity (Wildman–Crippen MR) is 104 cm³/mol. The molecular formula is C19H21N5OS. The van der Waals surface area contributed by atoms with Crippen molar-refractivity contribution in [2.24, 2.45) is 0 Å². The molecule has 0 aliphatic heterocycles. The first-order valence-corrected chi connectivity index (χ1v) is 9.20. The smallest absolute Gasteiger partial charge is 0.240 e. The normalized spacial score (nSPS) is 12.0. The van der Waals surface area contributed by atoms with Gasteiger partial charge < -0.3 is 4.90 Å². The summed E-state index contributed by atoms with van der Waals surface area (Å²) in [5, 5.41) is 12.2. The fraction of sp³-hybridized carbons (Fsp3) is 0.263. The molecule has 3 aromatic rings. The van der Waals surface area contributed by atoms with Gasteiger partial charge in [0.25, 0.3) is 0 Å². The van der Waals surface area contributed by atoms with Crippen LogP contribution in [0.3, 0.4) is 0 Å². The lowest BCUT2D eigenvalue weighted by molar-refractivity contribution is -0.117. The molecule has 0 saturated carbocycles. The van der Waals surface area contributed by atoms with Gasteiger partial charge in [-0.1, -0.05) is 36.0 Å². The highest BCUT2D eigenvalue weighted by Gasteiger charge is 2.23. The number of anilines is 1. The van der Waals surface area contributed by atoms with E-state index in [4.69, 9.17) is 0 Å². The Morgan fingerprint density at radius 2 is 1.85 bits per heavy atom. The Morgan fingerprint density at radius 1 is 1.12 bits per heavy atom. The molecule has 0 radical (unpaired) electrons. The van der Waals surface area contributed by atoms with Crippen molar-refractivity contribution in [2.45, 2.75) is 31.2 Å². The zero-order valence-corrected chi connectivity index (χ0v) is 16.1. The molecule has 0 aliphatic carbocycles. The molecule has 6 nitrogen and oxygen atoms in total. The maximum Gasteiger partial charge on any atom is 0.240 e. The Morgan fingerprint density at radius 3 is 2.54 bits per heavy atom. The second kappa shape index (κ2) is 7.70. The lowest BCUT2D eigenvalue weighted by Crippen LogP contribution is -2.33. The molecule has 1 atom stereocenters. The van der Waals surface area contributed by atoms with Crippen molar-refractivity contribution in [1.29, 1.82) is 0 Å². The van der Waals surface area contributed by atoms with Crippen LogP contribution in [0.15, 0.2) is 53.7 Å². The van der Waals surface area contributed by atoms with Gasteiger partial charge in [-0.15, -0.1) is 5.10 Å². The van der Waals surface area contributed by atoms with Crippen molar-refractivity contribution in [3.8, 4) is 5.69 Å². The number of carbonyl (C=O) groups excluding carboxylic acids is 1. The first-order valence-electron chi connectivity index (χ1n) is 8.32. The summed E-state index contributed by atoms with van der Waals surface area (Å²) in [6, 6.07) is 15.6. The van der Waals surface area contributed by atoms with Gasteiger partial charge in [0.05, 0.1) is 10.9 Å². The van der Waals surface area contributed by atoms with Crippen molar-refractivity contribution in [2.75, 3.05) is 11.9 Å². The van der Waals surface area contributed by atoms with E-state index in [1.54, 1.807) is 16.6 Å². The summed E-state index contributed by atoms with van der Waals surface area (Å²) in [6.45, 7) is 5.98. The van der Waals surface area contributed by atoms with E-state index in [2.05, 4.69) is 29.4 Å². The zero-order valence-electron chi connectivity index (χ0n) is 15.2. The van der Waals surface area contributed by atoms with Crippen LogP contribution in [-0.2, 0) is 4.79 Å². The van der Waals surface area contributed by atoms with Gasteiger partial charge in [-0.2, -0.15) is 4.68 Å². The van der Waals surface area contributed by atoms with Crippen molar-refractivity contribution in [3.63, 3.8) is 0 Å². The van der Waals surface area contributed by atoms with Crippen LogP contribution in [0.1, 0.15) is 18.1 Å². The largest absolute Gasteiger partial charge is 0.315 e. The van der Waals surface area contributed by atoms with Gasteiger partial charge in [0.2, 0.25) is 11.1 Å². The molecule has 0 saturated heterocycles. The summed E-state index contributed by atoms with van der Waals surface area (Å²) in [7, 11) is 1.78. The Bertz CT molecular complexity index is 909. The number of tetrazole rings is 1. The highest BCUT2D eigenvalue weighted by molar-refractivity contribution is 8.00. The van der Waals surface area contributed by atoms with Gasteiger partial charge in [-0.3, -0.25) is 4.79 Å². The Kier molecular flexibility index (Phi) is 5.37. The number of carbonyl (C=O) groups is 1. The number of thioether (sulfide) groups is 1. The summed E-state index contributed by atoms with van der Waals surface area (Å²) >= 11 is 1.35. The monoisotopic (exact) mass is 367 g/mol. The standard InChI is InChI=1S/C19H21N5OS/c1-13-10-11-17(12-14(13)2)24-19(20-21-22-24)26-15(3)18(25)23(4)16-8-6-5-7-9-16/h5-12,15H,1-4H3/t15-/m0/s1. The minimum Gasteiger partial charge on any atom is -0.315 e. The minimum atomic E-state index is -0.323. The molecule has 2 aromatic carbocycles. The molecule has 0 aliphatic rings. The third-order valence-electron chi connectivity index (χ3n) is 4.28. The topological polar surface area (TPSA) is 63.9 Å². The maximum absolute atomic E-state index is 12.7. The lowest BCUT2D eigenvalue weighted by atomic mass is 10.1. The van der Waals surface area contributed by atoms with Crippen LogP contribution in [0.2, 0.25) is 0 Å². The van der Waals surface area contributed by atoms with Gasteiger partial charge in [-0.25, -0.2) is 0 Å². The third kappa shape index (κ3) is 3.77. The van der Waals surface area contributed by atoms with Gasteiger partial charge in [0, 0.05) is 12.7 Å². The number of nitrogens with zero attached hydrogens (tertiary/aromatic N) is 5. The van der Waals surface area contributed by atoms with E-state index >= 15 is 0 Å². The summed E-state index contributed by atoms with van der Waals surface area (Å²) < 4.78 is 1.67. The van der Waals surface area contributed by atoms with Crippen LogP contribution in [0.4, 0.5) is 5.69 Å². The van der Waals surface area contributed by atoms with Gasteiger partial charge in [0.15, 0.2) is 0 Å². The quantitative estimate of drug-likeness (QED) is 0.647. The van der Waals surface area contributed by atoms with Gasteiger partial charge >= 0.3 is 0 Å². The first-order chi connectivity index (χ1) is 12.5. The van der Waals surface area contributed by atoms with E-state index in [0.29, 0.717) is 5.16 Å². The average molecular weight is 367 g/mol. The first kappa shape index (κ1) is 18.1. The Labute approximate surface area is 157 Å². The number of hydrogen-bond donors (Lipinski definition) is 0. The molecule has 7 heteroatoms. The molecule has 26 heavy (non-hydrogen) atoms. The van der Waals surface area contributed by atoms with Crippen LogP contribution < -0.4 is 4.90 Å². The fourth-order valence-electron chi connectivity index (χ4n) is 2.53. The van der Waals surface area contributed by atoms with Crippen molar-refractivity contribution >= 4 is 23.4 Å². The van der Waals surface area contributed by atoms with E-state index < -0.39 is 0 Å². The lowest BCUT2D eigenvalue weighted by Gasteiger charge is -2.20. The van der Waals surface area contributed by atoms with Crippen LogP contribution in [-0.4, -0.2) is 38.4 Å². The number of hydrogen-bond acceptors (Lipinski definition) is 5. The molecule has 1 heterocycles. The van der Waals surface area contributed by atoms with Crippen LogP contribution in [0, 0.1) is 13.8 Å². The number of rotatable bonds is 5. The molecule has 0 N–H and O–H groups in total. The second-order valence-electron chi connectivity index (χ2n) is 6.13. The average Bonchev–Trinajstić information content (AvgIpc) is 3.11. The van der Waals surface area contributed by atoms with Crippen LogP contribution >= 0.6 is 11.8 Å². The molecule has 134 valence electrons. The van der Waals surface area contributed by atoms with E-state index in [0.717, 1.165) is 11.4 Å². The molecule has 3 rings (SSSR count). The van der Waals surface area contributed by atoms with Gasteiger partial charge in [0.1, 0.15) is 0 Å². The van der Waals surface area contributed by atoms with Gasteiger partial charge in [-0.05, 0) is 66.6 Å². The molecule has 1 amide bonds. The number of aromatic nitrogens is 4. The minimum absolute atomic E-state index is 0.00385. The highest BCUT2D eigenvalue weighted by Crippen LogP contribution is 2.26. The molecule has 1 aromatic heterocycles. The Hall–Kier alpha value is -2.67. The highest BCUT2D eigenvalue weighted by atomic mass is 32.2. The molecular weight excluding hydrogens is 346 g/mol. The van der Waals surface area contributed by atoms with Crippen molar-refractivity contribution in [3.05, 3.63) is 59.7 Å². The molecule has 0 unspecified atom stereocenters. The SMILES string of the molecule is Cc1ccc(-n2nnnc2S[C@@H](C)C(=O)N(C)c2ccccc2)cc1C. The summed E-state index contributed by atoms with van der Waals surface area (Å²) in [4.78, 5) is 14.4. The summed E-state index contributed by atoms with van der Waals surface area (Å²) in [5.74, 6) is -0.00385. The molecule has 0 fully saturated rings. The summed E-state index contributed by atoms with van der Waals surface area (Å²) in [6.07, 6.45) is 0. The van der Waals surface area contributed by atoms with Crippen LogP contribution in [0.25, 0.3) is 5.69 Å². The second-order valence-corrected chi connectivity index (χ2v) is 7.44. The van der Waals surface area contributed by atoms with Crippen LogP contribution in [0.5, 0.6) is 0 Å². The maximum atomic E-state index is 12.7. The van der Waals surface area contributed by atoms with E-state index in [1.165, 1.54) is 22.9 Å². The number of aryl methyl sites for hydroxylation is 2. The Balaban J connectivity index is 1.78. The summed E-state index contributed by atoms with van der Waals surface area (Å²) in [5.41, 5.74) is 4.13. The number of para-hydroxylation sites is 1. The third-order valence-corrected chi connectivity index (χ3v) is 5.30. The molecule has 0 spiro atoms. The van der Waals surface area contributed by atoms with E-state index in [9.17, 15) is 4.79 Å². The van der Waals surface area contributed by atoms with Crippen molar-refractivity contribution < 1.29 is 4.79 Å².